The Morgan fingerprint density at radius 1 is 0.302 bits per heavy atom. The van der Waals surface area contributed by atoms with Crippen LogP contribution in [0.5, 0.6) is 34.5 Å². The van der Waals surface area contributed by atoms with Crippen LogP contribution in [0.3, 0.4) is 0 Å². The molecule has 27 heteroatoms. The molecular formula is C36H6F18N2O7. The molecule has 5 aromatic carbocycles. The third-order valence-electron chi connectivity index (χ3n) is 9.09. The lowest BCUT2D eigenvalue weighted by Gasteiger charge is -2.19. The molecule has 0 fully saturated rings. The number of rotatable bonds is 7. The van der Waals surface area contributed by atoms with E-state index in [1.165, 1.54) is 0 Å². The number of carbonyl (C=O) groups excluding carboxylic acids is 4. The summed E-state index contributed by atoms with van der Waals surface area (Å²) in [6.45, 7) is 0.474. The normalized spacial score (nSPS) is 13.5. The van der Waals surface area contributed by atoms with Gasteiger partial charge in [0.15, 0.2) is 46.5 Å². The number of fused-ring (bicyclic) bond motifs is 2. The first kappa shape index (κ1) is 43.6. The minimum absolute atomic E-state index is 0.0499. The quantitative estimate of drug-likeness (QED) is 0.0911. The van der Waals surface area contributed by atoms with Crippen LogP contribution in [-0.2, 0) is 0 Å². The highest BCUT2D eigenvalue weighted by Gasteiger charge is 2.49. The maximum absolute atomic E-state index is 15.8. The molecule has 0 atom stereocenters. The first-order valence-corrected chi connectivity index (χ1v) is 16.0. The lowest BCUT2D eigenvalue weighted by molar-refractivity contribution is 0.0689. The third-order valence-corrected chi connectivity index (χ3v) is 9.09. The zero-order valence-electron chi connectivity index (χ0n) is 29.6. The molecule has 0 radical (unpaired) electrons. The number of amides is 4. The molecule has 0 bridgehead atoms. The SMILES string of the molecule is Cc1c(F)c(F)c(Oc2c(F)c(F)c(N3C(=O)c4c(F)c(F)c(Oc5c(F)c(F)c(Oc6c(F)c(F)c7c(c6F)C(=O)N(C)C7=O)c(F)c5F)c(F)c4C3=O)c(F)c2F)c(F)c1F. The first-order chi connectivity index (χ1) is 29.3. The fourth-order valence-electron chi connectivity index (χ4n) is 5.98. The summed E-state index contributed by atoms with van der Waals surface area (Å²) in [5, 5.41) is 0. The van der Waals surface area contributed by atoms with Crippen molar-refractivity contribution >= 4 is 29.3 Å². The highest BCUT2D eigenvalue weighted by molar-refractivity contribution is 6.35. The van der Waals surface area contributed by atoms with Gasteiger partial charge in [0, 0.05) is 12.6 Å². The average Bonchev–Trinajstić information content (AvgIpc) is 3.64. The molecule has 0 spiro atoms. The summed E-state index contributed by atoms with van der Waals surface area (Å²) in [5.41, 5.74) is -11.5. The summed E-state index contributed by atoms with van der Waals surface area (Å²) in [5.74, 6) is -72.9. The van der Waals surface area contributed by atoms with Gasteiger partial charge in [-0.15, -0.1) is 0 Å². The zero-order valence-corrected chi connectivity index (χ0v) is 29.6. The molecular weight excluding hydrogens is 914 g/mol. The molecule has 2 aliphatic heterocycles. The van der Waals surface area contributed by atoms with Crippen molar-refractivity contribution in [3.8, 4) is 34.5 Å². The molecule has 0 unspecified atom stereocenters. The summed E-state index contributed by atoms with van der Waals surface area (Å²) in [6.07, 6.45) is 0. The summed E-state index contributed by atoms with van der Waals surface area (Å²) in [6, 6.07) is 0. The number of carbonyl (C=O) groups is 4. The van der Waals surface area contributed by atoms with Gasteiger partial charge in [-0.05, 0) is 6.92 Å². The highest BCUT2D eigenvalue weighted by Crippen LogP contribution is 2.47. The summed E-state index contributed by atoms with van der Waals surface area (Å²) >= 11 is 0. The minimum atomic E-state index is -3.01. The highest BCUT2D eigenvalue weighted by atomic mass is 19.2. The molecule has 328 valence electrons. The number of imide groups is 2. The van der Waals surface area contributed by atoms with Gasteiger partial charge in [-0.2, -0.15) is 43.9 Å². The van der Waals surface area contributed by atoms with Crippen LogP contribution in [0.25, 0.3) is 0 Å². The second-order valence-electron chi connectivity index (χ2n) is 12.5. The predicted molar refractivity (Wildman–Crippen MR) is 164 cm³/mol. The molecule has 4 amide bonds. The number of anilines is 1. The maximum Gasteiger partial charge on any atom is 0.269 e. The van der Waals surface area contributed by atoms with E-state index in [2.05, 4.69) is 14.2 Å². The number of nitrogens with zero attached hydrogens (tertiary/aromatic N) is 2. The Hall–Kier alpha value is -7.48. The standard InChI is InChI=1S/C36H6F18N2O7/c1-3-8(37)16(45)29(17(46)9(3)38)63-30-20(49)14(43)26(15(44)21(30)50)56-35(59)5-7(36(56)60)13(42)28(19(48)11(5)40)62-32-24(53)22(51)31(23(52)25(32)54)61-27-12(41)6-4(10(39)18(27)47)33(57)55(2)34(6)58/h1-2H3. The van der Waals surface area contributed by atoms with Crippen molar-refractivity contribution in [2.75, 3.05) is 11.9 Å². The van der Waals surface area contributed by atoms with Crippen LogP contribution >= 0.6 is 0 Å². The second-order valence-corrected chi connectivity index (χ2v) is 12.5. The molecule has 0 saturated carbocycles. The van der Waals surface area contributed by atoms with E-state index in [1.807, 2.05) is 0 Å². The van der Waals surface area contributed by atoms with Crippen molar-refractivity contribution in [1.29, 1.82) is 0 Å². The monoisotopic (exact) mass is 920 g/mol. The number of ether oxygens (including phenoxy) is 3. The van der Waals surface area contributed by atoms with Crippen molar-refractivity contribution in [3.05, 3.63) is 133 Å². The van der Waals surface area contributed by atoms with Crippen molar-refractivity contribution < 1.29 is 112 Å². The molecule has 5 aromatic rings. The Morgan fingerprint density at radius 3 is 0.857 bits per heavy atom. The van der Waals surface area contributed by atoms with E-state index in [-0.39, 0.29) is 4.90 Å². The molecule has 7 rings (SSSR count). The van der Waals surface area contributed by atoms with Crippen LogP contribution in [0.1, 0.15) is 47.0 Å². The molecule has 0 saturated heterocycles. The summed E-state index contributed by atoms with van der Waals surface area (Å²) in [7, 11) is 0.657. The van der Waals surface area contributed by atoms with Crippen LogP contribution in [0.4, 0.5) is 84.7 Å². The minimum Gasteiger partial charge on any atom is -0.445 e. The lowest BCUT2D eigenvalue weighted by Crippen LogP contribution is -2.32. The lowest BCUT2D eigenvalue weighted by atomic mass is 10.1. The average molecular weight is 920 g/mol. The number of hydrogen-bond donors (Lipinski definition) is 0. The molecule has 0 aliphatic carbocycles. The third kappa shape index (κ3) is 5.84. The fraction of sp³-hybridized carbons (Fsp3) is 0.0556. The molecule has 2 aliphatic rings. The Morgan fingerprint density at radius 2 is 0.524 bits per heavy atom. The number of halogens is 18. The Kier molecular flexibility index (Phi) is 10.1. The topological polar surface area (TPSA) is 102 Å². The molecule has 0 aromatic heterocycles. The van der Waals surface area contributed by atoms with Gasteiger partial charge < -0.3 is 14.2 Å². The van der Waals surface area contributed by atoms with Crippen LogP contribution in [0, 0.1) is 112 Å². The Labute approximate surface area is 332 Å². The maximum atomic E-state index is 15.8. The van der Waals surface area contributed by atoms with Crippen molar-refractivity contribution in [1.82, 2.24) is 4.90 Å². The van der Waals surface area contributed by atoms with Crippen molar-refractivity contribution in [2.24, 2.45) is 0 Å². The van der Waals surface area contributed by atoms with Crippen LogP contribution in [-0.4, -0.2) is 35.6 Å². The van der Waals surface area contributed by atoms with E-state index >= 15 is 52.7 Å². The van der Waals surface area contributed by atoms with Gasteiger partial charge in [0.05, 0.1) is 22.3 Å². The van der Waals surface area contributed by atoms with Crippen LogP contribution in [0.15, 0.2) is 0 Å². The first-order valence-electron chi connectivity index (χ1n) is 16.0. The van der Waals surface area contributed by atoms with Crippen LogP contribution in [0.2, 0.25) is 0 Å². The van der Waals surface area contributed by atoms with Gasteiger partial charge in [0.1, 0.15) is 5.69 Å². The van der Waals surface area contributed by atoms with Gasteiger partial charge in [0.2, 0.25) is 92.7 Å². The fourth-order valence-corrected chi connectivity index (χ4v) is 5.98. The van der Waals surface area contributed by atoms with E-state index < -0.39 is 201 Å². The molecule has 9 nitrogen and oxygen atoms in total. The van der Waals surface area contributed by atoms with Crippen LogP contribution < -0.4 is 19.1 Å². The van der Waals surface area contributed by atoms with Gasteiger partial charge in [-0.1, -0.05) is 0 Å². The predicted octanol–water partition coefficient (Wildman–Crippen LogP) is 9.90. The smallest absolute Gasteiger partial charge is 0.269 e. The van der Waals surface area contributed by atoms with E-state index in [1.54, 1.807) is 0 Å². The number of benzene rings is 5. The van der Waals surface area contributed by atoms with Gasteiger partial charge in [0.25, 0.3) is 23.6 Å². The van der Waals surface area contributed by atoms with E-state index in [0.717, 1.165) is 0 Å². The van der Waals surface area contributed by atoms with E-state index in [9.17, 15) is 45.5 Å². The largest absolute Gasteiger partial charge is 0.445 e. The molecule has 63 heavy (non-hydrogen) atoms. The van der Waals surface area contributed by atoms with Gasteiger partial charge in [-0.3, -0.25) is 24.1 Å². The van der Waals surface area contributed by atoms with Gasteiger partial charge >= 0.3 is 0 Å². The molecule has 0 N–H and O–H groups in total. The summed E-state index contributed by atoms with van der Waals surface area (Å²) in [4.78, 5) is 49.3. The number of hydrogen-bond acceptors (Lipinski definition) is 7. The zero-order chi connectivity index (χ0) is 46.9. The molecule has 2 heterocycles. The van der Waals surface area contributed by atoms with Gasteiger partial charge in [-0.25, -0.2) is 40.0 Å². The second kappa shape index (κ2) is 14.6. The van der Waals surface area contributed by atoms with Crippen molar-refractivity contribution in [3.63, 3.8) is 0 Å². The van der Waals surface area contributed by atoms with Crippen molar-refractivity contribution in [2.45, 2.75) is 6.92 Å². The summed E-state index contributed by atoms with van der Waals surface area (Å²) < 4.78 is 281. The van der Waals surface area contributed by atoms with E-state index in [4.69, 9.17) is 0 Å². The Bertz CT molecular complexity index is 2960. The van der Waals surface area contributed by atoms with E-state index in [0.29, 0.717) is 14.0 Å². The Balaban J connectivity index is 1.28.